The van der Waals surface area contributed by atoms with E-state index in [-0.39, 0.29) is 5.92 Å². The zero-order valence-electron chi connectivity index (χ0n) is 13.4. The number of nitrogens with zero attached hydrogens (tertiary/aromatic N) is 6. The number of likely N-dealkylation sites (tertiary alicyclic amines) is 1. The summed E-state index contributed by atoms with van der Waals surface area (Å²) < 4.78 is 7.31. The van der Waals surface area contributed by atoms with Crippen molar-refractivity contribution in [2.24, 2.45) is 5.92 Å². The first-order valence-electron chi connectivity index (χ1n) is 8.67. The Bertz CT molecular complexity index is 552. The van der Waals surface area contributed by atoms with Crippen LogP contribution in [0.25, 0.3) is 0 Å². The van der Waals surface area contributed by atoms with Crippen molar-refractivity contribution in [2.45, 2.75) is 38.3 Å². The molecule has 4 rings (SSSR count). The molecule has 0 unspecified atom stereocenters. The van der Waals surface area contributed by atoms with Crippen molar-refractivity contribution in [3.63, 3.8) is 0 Å². The number of morpholine rings is 1. The molecule has 0 aromatic carbocycles. The minimum Gasteiger partial charge on any atom is -0.378 e. The van der Waals surface area contributed by atoms with E-state index in [0.717, 1.165) is 51.4 Å². The van der Waals surface area contributed by atoms with Crippen molar-refractivity contribution >= 4 is 5.91 Å². The van der Waals surface area contributed by atoms with Gasteiger partial charge in [0.2, 0.25) is 5.91 Å². The van der Waals surface area contributed by atoms with Crippen LogP contribution in [0.5, 0.6) is 0 Å². The molecule has 3 fully saturated rings. The Kier molecular flexibility index (Phi) is 4.26. The van der Waals surface area contributed by atoms with Gasteiger partial charge >= 0.3 is 0 Å². The molecule has 2 aliphatic heterocycles. The van der Waals surface area contributed by atoms with Crippen LogP contribution < -0.4 is 0 Å². The van der Waals surface area contributed by atoms with Gasteiger partial charge in [0.15, 0.2) is 5.82 Å². The standard InChI is InChI=1S/C15H24N6O2/c22-15(20-6-8-23-9-7-20)12-2-1-5-19(10-12)11-14-16-17-18-21(14)13-3-4-13/h12-13H,1-11H2/t12-/m0/s1. The van der Waals surface area contributed by atoms with Gasteiger partial charge in [-0.1, -0.05) is 0 Å². The molecule has 1 amide bonds. The summed E-state index contributed by atoms with van der Waals surface area (Å²) in [6.45, 7) is 5.37. The van der Waals surface area contributed by atoms with E-state index >= 15 is 0 Å². The summed E-state index contributed by atoms with van der Waals surface area (Å²) in [4.78, 5) is 17.0. The first-order chi connectivity index (χ1) is 11.3. The molecule has 126 valence electrons. The number of carbonyl (C=O) groups excluding carboxylic acids is 1. The number of ether oxygens (including phenoxy) is 1. The fourth-order valence-electron chi connectivity index (χ4n) is 3.56. The summed E-state index contributed by atoms with van der Waals surface area (Å²) in [7, 11) is 0. The summed E-state index contributed by atoms with van der Waals surface area (Å²) in [5.41, 5.74) is 0. The van der Waals surface area contributed by atoms with Crippen LogP contribution in [0.15, 0.2) is 0 Å². The third-order valence-electron chi connectivity index (χ3n) is 5.00. The van der Waals surface area contributed by atoms with Gasteiger partial charge < -0.3 is 9.64 Å². The molecular formula is C15H24N6O2. The van der Waals surface area contributed by atoms with Gasteiger partial charge in [-0.25, -0.2) is 4.68 Å². The predicted molar refractivity (Wildman–Crippen MR) is 81.5 cm³/mol. The van der Waals surface area contributed by atoms with Crippen LogP contribution in [0.4, 0.5) is 0 Å². The van der Waals surface area contributed by atoms with Crippen LogP contribution in [0.2, 0.25) is 0 Å². The Morgan fingerprint density at radius 2 is 2.00 bits per heavy atom. The normalized spacial score (nSPS) is 26.4. The van der Waals surface area contributed by atoms with Crippen LogP contribution in [0.3, 0.4) is 0 Å². The van der Waals surface area contributed by atoms with E-state index < -0.39 is 0 Å². The number of hydrogen-bond donors (Lipinski definition) is 0. The first-order valence-corrected chi connectivity index (χ1v) is 8.67. The van der Waals surface area contributed by atoms with E-state index in [1.165, 1.54) is 12.8 Å². The minimum atomic E-state index is 0.104. The fourth-order valence-corrected chi connectivity index (χ4v) is 3.56. The van der Waals surface area contributed by atoms with E-state index in [1.807, 2.05) is 9.58 Å². The molecule has 23 heavy (non-hydrogen) atoms. The molecule has 1 aromatic rings. The summed E-state index contributed by atoms with van der Waals surface area (Å²) in [5, 5.41) is 12.1. The van der Waals surface area contributed by atoms with Gasteiger partial charge in [0.25, 0.3) is 0 Å². The van der Waals surface area contributed by atoms with Gasteiger partial charge in [-0.05, 0) is 42.7 Å². The van der Waals surface area contributed by atoms with E-state index in [0.29, 0.717) is 25.2 Å². The maximum absolute atomic E-state index is 12.7. The molecule has 1 atom stereocenters. The summed E-state index contributed by atoms with van der Waals surface area (Å²) in [6.07, 6.45) is 4.40. The van der Waals surface area contributed by atoms with Gasteiger partial charge in [0.1, 0.15) is 0 Å². The van der Waals surface area contributed by atoms with E-state index in [4.69, 9.17) is 4.74 Å². The van der Waals surface area contributed by atoms with Crippen molar-refractivity contribution in [3.05, 3.63) is 5.82 Å². The average molecular weight is 320 g/mol. The van der Waals surface area contributed by atoms with Gasteiger partial charge in [0, 0.05) is 19.6 Å². The molecule has 0 spiro atoms. The second-order valence-corrected chi connectivity index (χ2v) is 6.78. The van der Waals surface area contributed by atoms with Gasteiger partial charge in [-0.2, -0.15) is 0 Å². The molecule has 1 aliphatic carbocycles. The Balaban J connectivity index is 1.36. The lowest BCUT2D eigenvalue weighted by Crippen LogP contribution is -2.48. The van der Waals surface area contributed by atoms with E-state index in [9.17, 15) is 4.79 Å². The highest BCUT2D eigenvalue weighted by molar-refractivity contribution is 5.79. The second-order valence-electron chi connectivity index (χ2n) is 6.78. The molecule has 0 bridgehead atoms. The highest BCUT2D eigenvalue weighted by Gasteiger charge is 2.32. The number of piperidine rings is 1. The van der Waals surface area contributed by atoms with Crippen LogP contribution in [0.1, 0.15) is 37.5 Å². The number of tetrazole rings is 1. The van der Waals surface area contributed by atoms with Gasteiger partial charge in [-0.3, -0.25) is 9.69 Å². The number of rotatable bonds is 4. The monoisotopic (exact) mass is 320 g/mol. The smallest absolute Gasteiger partial charge is 0.227 e. The Hall–Kier alpha value is -1.54. The van der Waals surface area contributed by atoms with E-state index in [2.05, 4.69) is 20.4 Å². The molecule has 1 saturated carbocycles. The van der Waals surface area contributed by atoms with Gasteiger partial charge in [-0.15, -0.1) is 5.10 Å². The van der Waals surface area contributed by atoms with Crippen molar-refractivity contribution in [3.8, 4) is 0 Å². The van der Waals surface area contributed by atoms with Crippen LogP contribution in [-0.4, -0.2) is 75.3 Å². The van der Waals surface area contributed by atoms with Crippen molar-refractivity contribution < 1.29 is 9.53 Å². The number of amides is 1. The van der Waals surface area contributed by atoms with E-state index in [1.54, 1.807) is 0 Å². The van der Waals surface area contributed by atoms with Crippen molar-refractivity contribution in [1.29, 1.82) is 0 Å². The van der Waals surface area contributed by atoms with Crippen LogP contribution in [0, 0.1) is 5.92 Å². The van der Waals surface area contributed by atoms with Crippen molar-refractivity contribution in [2.75, 3.05) is 39.4 Å². The summed E-state index contributed by atoms with van der Waals surface area (Å²) in [6, 6.07) is 0.496. The average Bonchev–Trinajstić information content (AvgIpc) is 3.35. The molecule has 8 heteroatoms. The zero-order chi connectivity index (χ0) is 15.6. The van der Waals surface area contributed by atoms with Crippen LogP contribution in [-0.2, 0) is 16.1 Å². The fraction of sp³-hybridized carbons (Fsp3) is 0.867. The highest BCUT2D eigenvalue weighted by Crippen LogP contribution is 2.34. The maximum atomic E-state index is 12.7. The Labute approximate surface area is 135 Å². The maximum Gasteiger partial charge on any atom is 0.227 e. The molecule has 0 radical (unpaired) electrons. The highest BCUT2D eigenvalue weighted by atomic mass is 16.5. The third kappa shape index (κ3) is 3.37. The molecule has 8 nitrogen and oxygen atoms in total. The molecule has 3 aliphatic rings. The number of aromatic nitrogens is 4. The number of hydrogen-bond acceptors (Lipinski definition) is 6. The Morgan fingerprint density at radius 3 is 2.78 bits per heavy atom. The molecule has 3 heterocycles. The largest absolute Gasteiger partial charge is 0.378 e. The molecule has 1 aromatic heterocycles. The topological polar surface area (TPSA) is 76.4 Å². The lowest BCUT2D eigenvalue weighted by Gasteiger charge is -2.35. The zero-order valence-corrected chi connectivity index (χ0v) is 13.4. The lowest BCUT2D eigenvalue weighted by atomic mass is 9.96. The molecule has 2 saturated heterocycles. The van der Waals surface area contributed by atoms with Crippen molar-refractivity contribution in [1.82, 2.24) is 30.0 Å². The van der Waals surface area contributed by atoms with Gasteiger partial charge in [0.05, 0.1) is 31.7 Å². The second kappa shape index (κ2) is 6.52. The predicted octanol–water partition coefficient (Wildman–Crippen LogP) is 0.0788. The first kappa shape index (κ1) is 15.0. The quantitative estimate of drug-likeness (QED) is 0.782. The minimum absolute atomic E-state index is 0.104. The third-order valence-corrected chi connectivity index (χ3v) is 5.00. The summed E-state index contributed by atoms with van der Waals surface area (Å²) in [5.74, 6) is 1.33. The molecular weight excluding hydrogens is 296 g/mol. The SMILES string of the molecule is O=C([C@H]1CCCN(Cc2nnnn2C2CC2)C1)N1CCOCC1. The van der Waals surface area contributed by atoms with Crippen LogP contribution >= 0.6 is 0 Å². The molecule has 0 N–H and O–H groups in total. The Morgan fingerprint density at radius 1 is 1.17 bits per heavy atom. The number of carbonyl (C=O) groups is 1. The lowest BCUT2D eigenvalue weighted by molar-refractivity contribution is -0.141. The summed E-state index contributed by atoms with van der Waals surface area (Å²) >= 11 is 0.